The Hall–Kier alpha value is -2.31. The Bertz CT molecular complexity index is 837. The minimum absolute atomic E-state index is 0.0872. The van der Waals surface area contributed by atoms with Gasteiger partial charge in [-0.1, -0.05) is 29.3 Å². The van der Waals surface area contributed by atoms with E-state index in [4.69, 9.17) is 11.6 Å². The molecule has 7 heteroatoms. The van der Waals surface area contributed by atoms with Crippen LogP contribution < -0.4 is 10.2 Å². The van der Waals surface area contributed by atoms with E-state index in [9.17, 15) is 14.4 Å². The van der Waals surface area contributed by atoms with E-state index in [2.05, 4.69) is 5.32 Å². The highest BCUT2D eigenvalue weighted by molar-refractivity contribution is 8.01. The van der Waals surface area contributed by atoms with Gasteiger partial charge >= 0.3 is 0 Å². The Morgan fingerprint density at radius 2 is 1.81 bits per heavy atom. The number of nitrogens with one attached hydrogen (secondary N) is 1. The van der Waals surface area contributed by atoms with Crippen LogP contribution in [0.15, 0.2) is 48.5 Å². The molecule has 1 fully saturated rings. The van der Waals surface area contributed by atoms with Crippen LogP contribution in [0.1, 0.15) is 12.0 Å². The second-order valence-corrected chi connectivity index (χ2v) is 7.59. The lowest BCUT2D eigenvalue weighted by Gasteiger charge is -2.15. The van der Waals surface area contributed by atoms with Crippen LogP contribution in [0.25, 0.3) is 0 Å². The van der Waals surface area contributed by atoms with Crippen molar-refractivity contribution in [1.29, 1.82) is 0 Å². The Balaban J connectivity index is 1.57. The molecule has 0 aromatic heterocycles. The van der Waals surface area contributed by atoms with Crippen molar-refractivity contribution < 1.29 is 14.4 Å². The van der Waals surface area contributed by atoms with Gasteiger partial charge < -0.3 is 5.32 Å². The molecule has 5 nitrogen and oxygen atoms in total. The van der Waals surface area contributed by atoms with Crippen LogP contribution in [0.2, 0.25) is 5.02 Å². The number of imide groups is 1. The van der Waals surface area contributed by atoms with Crippen molar-refractivity contribution >= 4 is 52.5 Å². The monoisotopic (exact) mass is 388 g/mol. The SMILES string of the molecule is Cc1ccc(NC(=O)CS[C@H]2CC(=O)N(c3ccc(Cl)cc3)C2=O)cc1. The smallest absolute Gasteiger partial charge is 0.247 e. The van der Waals surface area contributed by atoms with Gasteiger partial charge in [-0.25, -0.2) is 4.90 Å². The van der Waals surface area contributed by atoms with E-state index < -0.39 is 5.25 Å². The molecule has 1 saturated heterocycles. The highest BCUT2D eigenvalue weighted by Crippen LogP contribution is 2.30. The largest absolute Gasteiger partial charge is 0.325 e. The lowest BCUT2D eigenvalue weighted by Crippen LogP contribution is -2.31. The van der Waals surface area contributed by atoms with Gasteiger partial charge in [0.25, 0.3) is 0 Å². The zero-order valence-electron chi connectivity index (χ0n) is 14.1. The first kappa shape index (κ1) is 18.5. The summed E-state index contributed by atoms with van der Waals surface area (Å²) in [5.74, 6) is -0.672. The lowest BCUT2D eigenvalue weighted by atomic mass is 10.2. The third-order valence-corrected chi connectivity index (χ3v) is 5.39. The maximum atomic E-state index is 12.5. The Morgan fingerprint density at radius 3 is 2.46 bits per heavy atom. The molecule has 1 aliphatic heterocycles. The fraction of sp³-hybridized carbons (Fsp3) is 0.211. The maximum Gasteiger partial charge on any atom is 0.247 e. The van der Waals surface area contributed by atoms with Gasteiger partial charge in [-0.05, 0) is 43.3 Å². The van der Waals surface area contributed by atoms with Crippen LogP contribution in [0.4, 0.5) is 11.4 Å². The molecule has 3 rings (SSSR count). The lowest BCUT2D eigenvalue weighted by molar-refractivity contribution is -0.121. The second kappa shape index (κ2) is 7.93. The number of hydrogen-bond acceptors (Lipinski definition) is 4. The number of nitrogens with zero attached hydrogens (tertiary/aromatic N) is 1. The van der Waals surface area contributed by atoms with E-state index in [-0.39, 0.29) is 29.9 Å². The molecule has 0 aliphatic carbocycles. The van der Waals surface area contributed by atoms with Gasteiger partial charge in [0.05, 0.1) is 16.7 Å². The van der Waals surface area contributed by atoms with Crippen molar-refractivity contribution in [3.05, 3.63) is 59.1 Å². The van der Waals surface area contributed by atoms with E-state index >= 15 is 0 Å². The number of anilines is 2. The number of amides is 3. The number of hydrogen-bond donors (Lipinski definition) is 1. The Kier molecular flexibility index (Phi) is 5.64. The van der Waals surface area contributed by atoms with Crippen molar-refractivity contribution in [2.24, 2.45) is 0 Å². The van der Waals surface area contributed by atoms with E-state index in [1.54, 1.807) is 24.3 Å². The van der Waals surface area contributed by atoms with Gasteiger partial charge in [0.1, 0.15) is 0 Å². The Morgan fingerprint density at radius 1 is 1.15 bits per heavy atom. The van der Waals surface area contributed by atoms with Crippen LogP contribution in [0.3, 0.4) is 0 Å². The van der Waals surface area contributed by atoms with Crippen LogP contribution in [-0.4, -0.2) is 28.7 Å². The number of halogens is 1. The molecule has 0 bridgehead atoms. The van der Waals surface area contributed by atoms with Crippen molar-refractivity contribution in [2.45, 2.75) is 18.6 Å². The molecule has 26 heavy (non-hydrogen) atoms. The normalized spacial score (nSPS) is 16.8. The number of benzene rings is 2. The standard InChI is InChI=1S/C19H17ClN2O3S/c1-12-2-6-14(7-3-12)21-17(23)11-26-16-10-18(24)22(19(16)25)15-8-4-13(20)5-9-15/h2-9,16H,10-11H2,1H3,(H,21,23)/t16-/m0/s1. The minimum atomic E-state index is -0.554. The number of aryl methyl sites for hydroxylation is 1. The topological polar surface area (TPSA) is 66.5 Å². The maximum absolute atomic E-state index is 12.5. The molecule has 2 aromatic rings. The van der Waals surface area contributed by atoms with Crippen LogP contribution in [0.5, 0.6) is 0 Å². The third kappa shape index (κ3) is 4.26. The average Bonchev–Trinajstić information content (AvgIpc) is 2.90. The summed E-state index contributed by atoms with van der Waals surface area (Å²) in [5, 5.41) is 2.76. The van der Waals surface area contributed by atoms with Crippen molar-refractivity contribution in [2.75, 3.05) is 16.0 Å². The number of carbonyl (C=O) groups excluding carboxylic acids is 3. The second-order valence-electron chi connectivity index (χ2n) is 5.96. The van der Waals surface area contributed by atoms with E-state index in [0.29, 0.717) is 16.4 Å². The highest BCUT2D eigenvalue weighted by Gasteiger charge is 2.40. The van der Waals surface area contributed by atoms with Gasteiger partial charge in [0.15, 0.2) is 0 Å². The van der Waals surface area contributed by atoms with Crippen molar-refractivity contribution in [3.63, 3.8) is 0 Å². The summed E-state index contributed by atoms with van der Waals surface area (Å²) in [4.78, 5) is 38.0. The number of carbonyl (C=O) groups is 3. The summed E-state index contributed by atoms with van der Waals surface area (Å²) in [6.07, 6.45) is 0.0872. The first-order chi connectivity index (χ1) is 12.4. The van der Waals surface area contributed by atoms with E-state index in [1.165, 1.54) is 11.8 Å². The predicted octanol–water partition coefficient (Wildman–Crippen LogP) is 3.65. The molecule has 2 aromatic carbocycles. The summed E-state index contributed by atoms with van der Waals surface area (Å²) in [7, 11) is 0. The van der Waals surface area contributed by atoms with Crippen LogP contribution in [-0.2, 0) is 14.4 Å². The molecule has 0 radical (unpaired) electrons. The first-order valence-electron chi connectivity index (χ1n) is 8.04. The molecule has 134 valence electrons. The quantitative estimate of drug-likeness (QED) is 0.794. The van der Waals surface area contributed by atoms with Gasteiger partial charge in [-0.15, -0.1) is 11.8 Å². The van der Waals surface area contributed by atoms with E-state index in [1.807, 2.05) is 31.2 Å². The molecule has 1 atom stereocenters. The number of thioether (sulfide) groups is 1. The predicted molar refractivity (Wildman–Crippen MR) is 105 cm³/mol. The molecule has 1 aliphatic rings. The summed E-state index contributed by atoms with van der Waals surface area (Å²) < 4.78 is 0. The van der Waals surface area contributed by atoms with Gasteiger partial charge in [0, 0.05) is 17.1 Å². The van der Waals surface area contributed by atoms with Crippen molar-refractivity contribution in [1.82, 2.24) is 0 Å². The van der Waals surface area contributed by atoms with Gasteiger partial charge in [0.2, 0.25) is 17.7 Å². The molecule has 0 unspecified atom stereocenters. The molecule has 0 spiro atoms. The molecular weight excluding hydrogens is 372 g/mol. The van der Waals surface area contributed by atoms with Crippen LogP contribution in [0, 0.1) is 6.92 Å². The molecule has 0 saturated carbocycles. The number of rotatable bonds is 5. The summed E-state index contributed by atoms with van der Waals surface area (Å²) in [6.45, 7) is 1.97. The average molecular weight is 389 g/mol. The fourth-order valence-corrected chi connectivity index (χ4v) is 3.67. The van der Waals surface area contributed by atoms with Crippen molar-refractivity contribution in [3.8, 4) is 0 Å². The van der Waals surface area contributed by atoms with Gasteiger partial charge in [-0.3, -0.25) is 14.4 Å². The summed E-state index contributed by atoms with van der Waals surface area (Å²) >= 11 is 7.02. The fourth-order valence-electron chi connectivity index (χ4n) is 2.61. The molecule has 3 amide bonds. The molecular formula is C19H17ClN2O3S. The first-order valence-corrected chi connectivity index (χ1v) is 9.47. The van der Waals surface area contributed by atoms with E-state index in [0.717, 1.165) is 10.5 Å². The Labute approximate surface area is 160 Å². The third-order valence-electron chi connectivity index (χ3n) is 3.94. The zero-order valence-corrected chi connectivity index (χ0v) is 15.6. The van der Waals surface area contributed by atoms with Crippen LogP contribution >= 0.6 is 23.4 Å². The zero-order chi connectivity index (χ0) is 18.7. The molecule has 1 heterocycles. The minimum Gasteiger partial charge on any atom is -0.325 e. The highest BCUT2D eigenvalue weighted by atomic mass is 35.5. The summed E-state index contributed by atoms with van der Waals surface area (Å²) in [5.41, 5.74) is 2.31. The summed E-state index contributed by atoms with van der Waals surface area (Å²) in [6, 6.07) is 14.0. The molecule has 1 N–H and O–H groups in total. The van der Waals surface area contributed by atoms with Gasteiger partial charge in [-0.2, -0.15) is 0 Å².